The average Bonchev–Trinajstić information content (AvgIpc) is 2.96. The first-order valence-corrected chi connectivity index (χ1v) is 5.95. The van der Waals surface area contributed by atoms with Gasteiger partial charge in [-0.3, -0.25) is 4.79 Å². The van der Waals surface area contributed by atoms with Gasteiger partial charge in [0.15, 0.2) is 0 Å². The topological polar surface area (TPSA) is 79.5 Å². The molecule has 0 fully saturated rings. The standard InChI is InChI=1S/C15H13NO4/c17-14(18)5-4-11-2-1-3-13(8-11)15(19)16-9-12-6-7-20-10-12/h1-8,10H,9H2,(H,16,19)(H,17,18)/b5-4+. The van der Waals surface area contributed by atoms with Crippen LogP contribution in [0.1, 0.15) is 21.5 Å². The number of hydrogen-bond acceptors (Lipinski definition) is 3. The van der Waals surface area contributed by atoms with Crippen LogP contribution in [0, 0.1) is 0 Å². The second kappa shape index (κ2) is 6.38. The number of carbonyl (C=O) groups is 2. The van der Waals surface area contributed by atoms with Gasteiger partial charge in [0.25, 0.3) is 5.91 Å². The third-order valence-corrected chi connectivity index (χ3v) is 2.60. The third-order valence-electron chi connectivity index (χ3n) is 2.60. The van der Waals surface area contributed by atoms with Crippen LogP contribution in [0.5, 0.6) is 0 Å². The number of furan rings is 1. The summed E-state index contributed by atoms with van der Waals surface area (Å²) in [5.74, 6) is -1.25. The van der Waals surface area contributed by atoms with Gasteiger partial charge in [-0.15, -0.1) is 0 Å². The maximum atomic E-state index is 11.9. The average molecular weight is 271 g/mol. The molecule has 1 aromatic heterocycles. The Kier molecular flexibility index (Phi) is 4.34. The zero-order valence-corrected chi connectivity index (χ0v) is 10.6. The molecule has 5 heteroatoms. The van der Waals surface area contributed by atoms with Gasteiger partial charge < -0.3 is 14.8 Å². The van der Waals surface area contributed by atoms with E-state index in [2.05, 4.69) is 5.32 Å². The summed E-state index contributed by atoms with van der Waals surface area (Å²) >= 11 is 0. The van der Waals surface area contributed by atoms with Gasteiger partial charge in [0.05, 0.1) is 12.5 Å². The molecule has 0 aliphatic carbocycles. The van der Waals surface area contributed by atoms with Crippen molar-refractivity contribution in [2.75, 3.05) is 0 Å². The number of carbonyl (C=O) groups excluding carboxylic acids is 1. The lowest BCUT2D eigenvalue weighted by Gasteiger charge is -2.04. The summed E-state index contributed by atoms with van der Waals surface area (Å²) in [5.41, 5.74) is 2.00. The van der Waals surface area contributed by atoms with E-state index in [1.165, 1.54) is 6.08 Å². The molecule has 2 N–H and O–H groups in total. The van der Waals surface area contributed by atoms with Crippen molar-refractivity contribution >= 4 is 18.0 Å². The molecule has 5 nitrogen and oxygen atoms in total. The minimum Gasteiger partial charge on any atom is -0.478 e. The number of benzene rings is 1. The fraction of sp³-hybridized carbons (Fsp3) is 0.0667. The van der Waals surface area contributed by atoms with E-state index in [0.29, 0.717) is 17.7 Å². The van der Waals surface area contributed by atoms with E-state index in [0.717, 1.165) is 11.6 Å². The van der Waals surface area contributed by atoms with Gasteiger partial charge in [-0.1, -0.05) is 12.1 Å². The largest absolute Gasteiger partial charge is 0.478 e. The summed E-state index contributed by atoms with van der Waals surface area (Å²) in [5, 5.41) is 11.3. The van der Waals surface area contributed by atoms with Crippen LogP contribution in [0.4, 0.5) is 0 Å². The van der Waals surface area contributed by atoms with Crippen molar-refractivity contribution in [2.24, 2.45) is 0 Å². The highest BCUT2D eigenvalue weighted by atomic mass is 16.4. The molecule has 0 aliphatic heterocycles. The van der Waals surface area contributed by atoms with Gasteiger partial charge in [0.2, 0.25) is 0 Å². The molecular formula is C15H13NO4. The number of rotatable bonds is 5. The van der Waals surface area contributed by atoms with Gasteiger partial charge >= 0.3 is 5.97 Å². The highest BCUT2D eigenvalue weighted by Gasteiger charge is 2.05. The van der Waals surface area contributed by atoms with Crippen LogP contribution < -0.4 is 5.32 Å². The maximum absolute atomic E-state index is 11.9. The van der Waals surface area contributed by atoms with E-state index in [1.54, 1.807) is 42.9 Å². The molecule has 0 bridgehead atoms. The summed E-state index contributed by atoms with van der Waals surface area (Å²) in [6.07, 6.45) is 5.57. The summed E-state index contributed by atoms with van der Waals surface area (Å²) in [7, 11) is 0. The van der Waals surface area contributed by atoms with Crippen LogP contribution in [0.15, 0.2) is 53.4 Å². The third kappa shape index (κ3) is 3.84. The lowest BCUT2D eigenvalue weighted by Crippen LogP contribution is -2.22. The first kappa shape index (κ1) is 13.6. The predicted octanol–water partition coefficient (Wildman–Crippen LogP) is 2.31. The van der Waals surface area contributed by atoms with Crippen molar-refractivity contribution in [3.8, 4) is 0 Å². The maximum Gasteiger partial charge on any atom is 0.328 e. The molecule has 1 aromatic carbocycles. The highest BCUT2D eigenvalue weighted by Crippen LogP contribution is 2.08. The van der Waals surface area contributed by atoms with E-state index in [1.807, 2.05) is 0 Å². The van der Waals surface area contributed by atoms with Crippen molar-refractivity contribution < 1.29 is 19.1 Å². The van der Waals surface area contributed by atoms with E-state index in [9.17, 15) is 9.59 Å². The van der Waals surface area contributed by atoms with Crippen LogP contribution >= 0.6 is 0 Å². The molecule has 1 amide bonds. The molecule has 0 aliphatic rings. The van der Waals surface area contributed by atoms with Crippen LogP contribution in [0.2, 0.25) is 0 Å². The summed E-state index contributed by atoms with van der Waals surface area (Å²) in [6, 6.07) is 8.50. The van der Waals surface area contributed by atoms with Gasteiger partial charge in [0, 0.05) is 23.7 Å². The smallest absolute Gasteiger partial charge is 0.328 e. The van der Waals surface area contributed by atoms with Crippen LogP contribution in [-0.4, -0.2) is 17.0 Å². The van der Waals surface area contributed by atoms with Gasteiger partial charge in [-0.05, 0) is 29.8 Å². The number of carboxylic acids is 1. The lowest BCUT2D eigenvalue weighted by molar-refractivity contribution is -0.131. The molecule has 2 rings (SSSR count). The normalized spacial score (nSPS) is 10.6. The molecule has 0 spiro atoms. The molecule has 0 radical (unpaired) electrons. The molecule has 1 heterocycles. The van der Waals surface area contributed by atoms with Crippen molar-refractivity contribution in [2.45, 2.75) is 6.54 Å². The first-order valence-electron chi connectivity index (χ1n) is 5.95. The Balaban J connectivity index is 2.02. The van der Waals surface area contributed by atoms with E-state index < -0.39 is 5.97 Å². The van der Waals surface area contributed by atoms with Crippen molar-refractivity contribution in [1.82, 2.24) is 5.32 Å². The zero-order valence-electron chi connectivity index (χ0n) is 10.6. The Labute approximate surface area is 115 Å². The minimum atomic E-state index is -1.03. The quantitative estimate of drug-likeness (QED) is 0.818. The van der Waals surface area contributed by atoms with E-state index in [4.69, 9.17) is 9.52 Å². The number of carboxylic acid groups (broad SMARTS) is 1. The number of aliphatic carboxylic acids is 1. The van der Waals surface area contributed by atoms with Crippen molar-refractivity contribution in [3.05, 3.63) is 65.6 Å². The SMILES string of the molecule is O=C(O)/C=C/c1cccc(C(=O)NCc2ccoc2)c1. The molecule has 0 saturated carbocycles. The minimum absolute atomic E-state index is 0.225. The number of hydrogen-bond donors (Lipinski definition) is 2. The highest BCUT2D eigenvalue weighted by molar-refractivity contribution is 5.95. The lowest BCUT2D eigenvalue weighted by atomic mass is 10.1. The monoisotopic (exact) mass is 271 g/mol. The predicted molar refractivity (Wildman–Crippen MR) is 73.0 cm³/mol. The van der Waals surface area contributed by atoms with Crippen molar-refractivity contribution in [1.29, 1.82) is 0 Å². The van der Waals surface area contributed by atoms with E-state index in [-0.39, 0.29) is 5.91 Å². The molecule has 0 unspecified atom stereocenters. The molecule has 20 heavy (non-hydrogen) atoms. The number of nitrogens with one attached hydrogen (secondary N) is 1. The Bertz CT molecular complexity index is 629. The van der Waals surface area contributed by atoms with Gasteiger partial charge in [-0.25, -0.2) is 4.79 Å². The Morgan fingerprint density at radius 3 is 2.85 bits per heavy atom. The van der Waals surface area contributed by atoms with Gasteiger partial charge in [-0.2, -0.15) is 0 Å². The van der Waals surface area contributed by atoms with Crippen molar-refractivity contribution in [3.63, 3.8) is 0 Å². The fourth-order valence-corrected chi connectivity index (χ4v) is 1.63. The molecule has 0 saturated heterocycles. The molecule has 2 aromatic rings. The summed E-state index contributed by atoms with van der Waals surface area (Å²) < 4.78 is 4.91. The molecule has 0 atom stereocenters. The summed E-state index contributed by atoms with van der Waals surface area (Å²) in [6.45, 7) is 0.379. The van der Waals surface area contributed by atoms with Crippen LogP contribution in [0.3, 0.4) is 0 Å². The van der Waals surface area contributed by atoms with Crippen LogP contribution in [0.25, 0.3) is 6.08 Å². The summed E-state index contributed by atoms with van der Waals surface area (Å²) in [4.78, 5) is 22.4. The first-order chi connectivity index (χ1) is 9.65. The molecule has 102 valence electrons. The fourth-order valence-electron chi connectivity index (χ4n) is 1.63. The van der Waals surface area contributed by atoms with Gasteiger partial charge in [0.1, 0.15) is 0 Å². The zero-order chi connectivity index (χ0) is 14.4. The molecular weight excluding hydrogens is 258 g/mol. The van der Waals surface area contributed by atoms with Crippen LogP contribution in [-0.2, 0) is 11.3 Å². The Morgan fingerprint density at radius 2 is 2.15 bits per heavy atom. The second-order valence-corrected chi connectivity index (χ2v) is 4.11. The Hall–Kier alpha value is -2.82. The van der Waals surface area contributed by atoms with E-state index >= 15 is 0 Å². The second-order valence-electron chi connectivity index (χ2n) is 4.11. The Morgan fingerprint density at radius 1 is 1.30 bits per heavy atom. The number of amides is 1.